The fourth-order valence-electron chi connectivity index (χ4n) is 2.38. The fraction of sp³-hybridized carbons (Fsp3) is 0.308. The first-order valence-electron chi connectivity index (χ1n) is 5.85. The third-order valence-corrected chi connectivity index (χ3v) is 3.24. The summed E-state index contributed by atoms with van der Waals surface area (Å²) in [5, 5.41) is 8.02. The van der Waals surface area contributed by atoms with Crippen LogP contribution in [0.1, 0.15) is 30.9 Å². The van der Waals surface area contributed by atoms with Crippen molar-refractivity contribution in [3.05, 3.63) is 42.2 Å². The summed E-state index contributed by atoms with van der Waals surface area (Å²) in [4.78, 5) is 11.8. The molecule has 1 fully saturated rings. The van der Waals surface area contributed by atoms with Crippen LogP contribution in [0.4, 0.5) is 0 Å². The summed E-state index contributed by atoms with van der Waals surface area (Å²) in [6, 6.07) is 9.81. The van der Waals surface area contributed by atoms with Crippen LogP contribution < -0.4 is 0 Å². The van der Waals surface area contributed by atoms with Crippen molar-refractivity contribution >= 4 is 5.78 Å². The molecule has 0 spiro atoms. The Kier molecular flexibility index (Phi) is 2.48. The first-order valence-corrected chi connectivity index (χ1v) is 5.85. The maximum Gasteiger partial charge on any atom is 0.141 e. The highest BCUT2D eigenvalue weighted by Crippen LogP contribution is 2.31. The molecule has 1 aliphatic carbocycles. The monoisotopic (exact) mass is 227 g/mol. The molecule has 1 aromatic heterocycles. The molecule has 1 aromatic carbocycles. The lowest BCUT2D eigenvalue weighted by atomic mass is 10.0. The third-order valence-electron chi connectivity index (χ3n) is 3.24. The van der Waals surface area contributed by atoms with E-state index in [1.165, 1.54) is 0 Å². The third kappa shape index (κ3) is 1.75. The van der Waals surface area contributed by atoms with Gasteiger partial charge in [-0.05, 0) is 25.0 Å². The molecular weight excluding hydrogens is 214 g/mol. The minimum atomic E-state index is -0.0230. The molecule has 0 saturated heterocycles. The Morgan fingerprint density at radius 3 is 2.76 bits per heavy atom. The Morgan fingerprint density at radius 1 is 1.24 bits per heavy atom. The van der Waals surface area contributed by atoms with Crippen LogP contribution in [0, 0.1) is 0 Å². The number of hydrogen-bond donors (Lipinski definition) is 0. The molecule has 1 saturated carbocycles. The standard InChI is InChI=1S/C13H13N3O/c17-13-8-4-7-11(13)12-9-14-15-16(12)10-5-2-1-3-6-10/h1-3,5-6,9,11H,4,7-8H2. The molecule has 4 heteroatoms. The number of nitrogens with zero attached hydrogens (tertiary/aromatic N) is 3. The molecule has 0 aliphatic heterocycles. The summed E-state index contributed by atoms with van der Waals surface area (Å²) in [7, 11) is 0. The maximum absolute atomic E-state index is 11.8. The lowest BCUT2D eigenvalue weighted by Crippen LogP contribution is -2.11. The number of ketones is 1. The topological polar surface area (TPSA) is 47.8 Å². The van der Waals surface area contributed by atoms with Gasteiger partial charge in [0, 0.05) is 6.42 Å². The van der Waals surface area contributed by atoms with Crippen LogP contribution >= 0.6 is 0 Å². The van der Waals surface area contributed by atoms with E-state index in [2.05, 4.69) is 10.3 Å². The van der Waals surface area contributed by atoms with E-state index in [9.17, 15) is 4.79 Å². The van der Waals surface area contributed by atoms with Gasteiger partial charge in [0.25, 0.3) is 0 Å². The van der Waals surface area contributed by atoms with Gasteiger partial charge in [0.1, 0.15) is 5.78 Å². The molecule has 17 heavy (non-hydrogen) atoms. The zero-order valence-corrected chi connectivity index (χ0v) is 9.41. The van der Waals surface area contributed by atoms with E-state index in [0.29, 0.717) is 12.2 Å². The molecule has 3 rings (SSSR count). The van der Waals surface area contributed by atoms with Crippen LogP contribution in [0.3, 0.4) is 0 Å². The molecule has 0 amide bonds. The second-order valence-corrected chi connectivity index (χ2v) is 4.32. The number of carbonyl (C=O) groups is 1. The van der Waals surface area contributed by atoms with Gasteiger partial charge in [-0.15, -0.1) is 5.10 Å². The quantitative estimate of drug-likeness (QED) is 0.789. The number of rotatable bonds is 2. The second-order valence-electron chi connectivity index (χ2n) is 4.32. The molecule has 1 atom stereocenters. The lowest BCUT2D eigenvalue weighted by Gasteiger charge is -2.10. The Balaban J connectivity index is 2.03. The van der Waals surface area contributed by atoms with Crippen molar-refractivity contribution < 1.29 is 4.79 Å². The first kappa shape index (κ1) is 10.2. The van der Waals surface area contributed by atoms with Crippen molar-refractivity contribution in [3.63, 3.8) is 0 Å². The van der Waals surface area contributed by atoms with Crippen LogP contribution in [0.5, 0.6) is 0 Å². The van der Waals surface area contributed by atoms with E-state index in [-0.39, 0.29) is 5.92 Å². The summed E-state index contributed by atoms with van der Waals surface area (Å²) in [6.45, 7) is 0. The Bertz CT molecular complexity index is 533. The van der Waals surface area contributed by atoms with Gasteiger partial charge in [-0.25, -0.2) is 4.68 Å². The number of benzene rings is 1. The van der Waals surface area contributed by atoms with E-state index in [0.717, 1.165) is 24.2 Å². The van der Waals surface area contributed by atoms with E-state index >= 15 is 0 Å². The van der Waals surface area contributed by atoms with Gasteiger partial charge in [-0.3, -0.25) is 4.79 Å². The average Bonchev–Trinajstić information content (AvgIpc) is 2.98. The Labute approximate surface area is 99.3 Å². The molecule has 86 valence electrons. The Hall–Kier alpha value is -1.97. The number of hydrogen-bond acceptors (Lipinski definition) is 3. The molecule has 1 aliphatic rings. The van der Waals surface area contributed by atoms with Gasteiger partial charge in [-0.2, -0.15) is 0 Å². The van der Waals surface area contributed by atoms with Gasteiger partial charge >= 0.3 is 0 Å². The van der Waals surface area contributed by atoms with Gasteiger partial charge in [-0.1, -0.05) is 23.4 Å². The first-order chi connectivity index (χ1) is 8.36. The molecule has 0 N–H and O–H groups in total. The van der Waals surface area contributed by atoms with Crippen LogP contribution in [-0.2, 0) is 4.79 Å². The van der Waals surface area contributed by atoms with Crippen LogP contribution in [0.15, 0.2) is 36.5 Å². The number of para-hydroxylation sites is 1. The summed E-state index contributed by atoms with van der Waals surface area (Å²) in [6.07, 6.45) is 4.29. The minimum Gasteiger partial charge on any atom is -0.299 e. The number of aromatic nitrogens is 3. The smallest absolute Gasteiger partial charge is 0.141 e. The predicted octanol–water partition coefficient (Wildman–Crippen LogP) is 2.10. The molecular formula is C13H13N3O. The highest BCUT2D eigenvalue weighted by molar-refractivity contribution is 5.87. The molecule has 2 aromatic rings. The van der Waals surface area contributed by atoms with Crippen LogP contribution in [0.25, 0.3) is 5.69 Å². The van der Waals surface area contributed by atoms with Crippen molar-refractivity contribution in [2.24, 2.45) is 0 Å². The Morgan fingerprint density at radius 2 is 2.06 bits per heavy atom. The largest absolute Gasteiger partial charge is 0.299 e. The zero-order chi connectivity index (χ0) is 11.7. The highest BCUT2D eigenvalue weighted by atomic mass is 16.1. The van der Waals surface area contributed by atoms with Crippen molar-refractivity contribution in [2.45, 2.75) is 25.2 Å². The van der Waals surface area contributed by atoms with Gasteiger partial charge in [0.2, 0.25) is 0 Å². The van der Waals surface area contributed by atoms with Crippen molar-refractivity contribution in [1.82, 2.24) is 15.0 Å². The average molecular weight is 227 g/mol. The van der Waals surface area contributed by atoms with Crippen LogP contribution in [-0.4, -0.2) is 20.8 Å². The van der Waals surface area contributed by atoms with E-state index in [1.54, 1.807) is 10.9 Å². The van der Waals surface area contributed by atoms with Gasteiger partial charge < -0.3 is 0 Å². The molecule has 0 bridgehead atoms. The molecule has 0 radical (unpaired) electrons. The predicted molar refractivity (Wildman–Crippen MR) is 63.0 cm³/mol. The zero-order valence-electron chi connectivity index (χ0n) is 9.41. The molecule has 4 nitrogen and oxygen atoms in total. The summed E-state index contributed by atoms with van der Waals surface area (Å²) < 4.78 is 1.77. The molecule has 1 unspecified atom stereocenters. The summed E-state index contributed by atoms with van der Waals surface area (Å²) in [5.41, 5.74) is 1.87. The summed E-state index contributed by atoms with van der Waals surface area (Å²) >= 11 is 0. The second kappa shape index (κ2) is 4.13. The fourth-order valence-corrected chi connectivity index (χ4v) is 2.38. The van der Waals surface area contributed by atoms with Crippen molar-refractivity contribution in [1.29, 1.82) is 0 Å². The number of Topliss-reactive ketones (excluding diaryl/α,β-unsaturated/α-hetero) is 1. The normalized spacial score (nSPS) is 19.8. The van der Waals surface area contributed by atoms with Gasteiger partial charge in [0.15, 0.2) is 0 Å². The maximum atomic E-state index is 11.8. The van der Waals surface area contributed by atoms with E-state index in [4.69, 9.17) is 0 Å². The van der Waals surface area contributed by atoms with Crippen molar-refractivity contribution in [3.8, 4) is 5.69 Å². The van der Waals surface area contributed by atoms with E-state index < -0.39 is 0 Å². The summed E-state index contributed by atoms with van der Waals surface area (Å²) in [5.74, 6) is 0.287. The van der Waals surface area contributed by atoms with E-state index in [1.807, 2.05) is 30.3 Å². The minimum absolute atomic E-state index is 0.0230. The highest BCUT2D eigenvalue weighted by Gasteiger charge is 2.29. The van der Waals surface area contributed by atoms with Crippen molar-refractivity contribution in [2.75, 3.05) is 0 Å². The van der Waals surface area contributed by atoms with Crippen LogP contribution in [0.2, 0.25) is 0 Å². The molecule has 1 heterocycles. The lowest BCUT2D eigenvalue weighted by molar-refractivity contribution is -0.118. The number of carbonyl (C=O) groups excluding carboxylic acids is 1. The van der Waals surface area contributed by atoms with Gasteiger partial charge in [0.05, 0.1) is 23.5 Å². The SMILES string of the molecule is O=C1CCCC1c1cnnn1-c1ccccc1.